The van der Waals surface area contributed by atoms with Crippen molar-refractivity contribution in [2.45, 2.75) is 42.9 Å². The molecule has 2 aliphatic rings. The number of alkyl halides is 1. The van der Waals surface area contributed by atoms with Crippen LogP contribution < -0.4 is 0 Å². The molecule has 2 aliphatic heterocycles. The summed E-state index contributed by atoms with van der Waals surface area (Å²) in [6, 6.07) is 9.08. The lowest BCUT2D eigenvalue weighted by Gasteiger charge is -2.39. The minimum atomic E-state index is -1.26. The Kier molecular flexibility index (Phi) is 5.76. The van der Waals surface area contributed by atoms with Gasteiger partial charge in [0, 0.05) is 20.7 Å². The van der Waals surface area contributed by atoms with Crippen molar-refractivity contribution < 1.29 is 19.0 Å². The van der Waals surface area contributed by atoms with Gasteiger partial charge in [-0.15, -0.1) is 0 Å². The number of hydrogen-bond acceptors (Lipinski definition) is 6. The maximum Gasteiger partial charge on any atom is 0.161 e. The smallest absolute Gasteiger partial charge is 0.161 e. The minimum absolute atomic E-state index is 0.0635. The Morgan fingerprint density at radius 2 is 2.08 bits per heavy atom. The van der Waals surface area contributed by atoms with Gasteiger partial charge in [-0.1, -0.05) is 42.1 Å². The van der Waals surface area contributed by atoms with E-state index in [-0.39, 0.29) is 12.0 Å². The first-order valence-corrected chi connectivity index (χ1v) is 8.96. The number of rotatable bonds is 5. The van der Waals surface area contributed by atoms with Gasteiger partial charge < -0.3 is 19.5 Å². The van der Waals surface area contributed by atoms with Gasteiger partial charge in [0.1, 0.15) is 17.6 Å². The molecular formula is C17H23FN2O3S. The van der Waals surface area contributed by atoms with E-state index in [4.69, 9.17) is 9.47 Å². The van der Waals surface area contributed by atoms with Crippen molar-refractivity contribution in [3.8, 4) is 0 Å². The third-order valence-corrected chi connectivity index (χ3v) is 5.46. The normalized spacial score (nSPS) is 32.3. The van der Waals surface area contributed by atoms with E-state index in [0.29, 0.717) is 13.0 Å². The molecule has 24 heavy (non-hydrogen) atoms. The van der Waals surface area contributed by atoms with Gasteiger partial charge in [-0.3, -0.25) is 4.99 Å². The molecule has 0 aromatic heterocycles. The second kappa shape index (κ2) is 7.82. The Morgan fingerprint density at radius 1 is 1.33 bits per heavy atom. The van der Waals surface area contributed by atoms with Crippen molar-refractivity contribution in [3.63, 3.8) is 0 Å². The monoisotopic (exact) mass is 354 g/mol. The minimum Gasteiger partial charge on any atom is -0.396 e. The summed E-state index contributed by atoms with van der Waals surface area (Å²) < 4.78 is 26.9. The first-order chi connectivity index (χ1) is 11.6. The molecule has 0 bridgehead atoms. The van der Waals surface area contributed by atoms with Crippen molar-refractivity contribution in [3.05, 3.63) is 35.9 Å². The van der Waals surface area contributed by atoms with E-state index in [2.05, 4.69) is 4.99 Å². The molecular weight excluding hydrogens is 331 g/mol. The number of fused-ring (bicyclic) bond motifs is 1. The standard InChI is InChI=1S/C17H23FN2O3S/c1-20(2)17-19-14-13(18)15(12(8-9-21)23-16(14)24-17)22-10-11-6-4-3-5-7-11/h3-7,12-16,21H,8-10H2,1-2H3/t12-,13-,14-,15-,16-/m1/s1. The zero-order valence-corrected chi connectivity index (χ0v) is 14.7. The lowest BCUT2D eigenvalue weighted by Crippen LogP contribution is -2.54. The molecule has 0 unspecified atom stereocenters. The molecule has 1 saturated heterocycles. The first kappa shape index (κ1) is 17.7. The Balaban J connectivity index is 1.72. The van der Waals surface area contributed by atoms with Crippen LogP contribution in [0, 0.1) is 0 Å². The van der Waals surface area contributed by atoms with Gasteiger partial charge in [-0.2, -0.15) is 0 Å². The second-order valence-corrected chi connectivity index (χ2v) is 7.24. The van der Waals surface area contributed by atoms with Gasteiger partial charge in [0.25, 0.3) is 0 Å². The maximum absolute atomic E-state index is 15.1. The molecule has 1 fully saturated rings. The zero-order valence-electron chi connectivity index (χ0n) is 13.8. The molecule has 0 saturated carbocycles. The molecule has 2 heterocycles. The lowest BCUT2D eigenvalue weighted by atomic mass is 9.97. The second-order valence-electron chi connectivity index (χ2n) is 6.18. The number of aliphatic hydroxyl groups excluding tert-OH is 1. The number of amidine groups is 1. The predicted molar refractivity (Wildman–Crippen MR) is 92.8 cm³/mol. The Morgan fingerprint density at radius 3 is 2.75 bits per heavy atom. The fourth-order valence-electron chi connectivity index (χ4n) is 2.92. The summed E-state index contributed by atoms with van der Waals surface area (Å²) in [4.78, 5) is 6.31. The summed E-state index contributed by atoms with van der Waals surface area (Å²) in [5, 5.41) is 10.0. The highest BCUT2D eigenvalue weighted by Gasteiger charge is 2.50. The van der Waals surface area contributed by atoms with Crippen molar-refractivity contribution in [2.75, 3.05) is 20.7 Å². The quantitative estimate of drug-likeness (QED) is 0.877. The zero-order chi connectivity index (χ0) is 17.1. The molecule has 1 aromatic carbocycles. The van der Waals surface area contributed by atoms with E-state index in [1.165, 1.54) is 11.8 Å². The molecule has 7 heteroatoms. The highest BCUT2D eigenvalue weighted by Crippen LogP contribution is 2.40. The number of thioether (sulfide) groups is 1. The largest absolute Gasteiger partial charge is 0.396 e. The van der Waals surface area contributed by atoms with Crippen LogP contribution in [-0.4, -0.2) is 65.7 Å². The van der Waals surface area contributed by atoms with Gasteiger partial charge in [-0.05, 0) is 12.0 Å². The van der Waals surface area contributed by atoms with Crippen molar-refractivity contribution in [2.24, 2.45) is 4.99 Å². The lowest BCUT2D eigenvalue weighted by molar-refractivity contribution is -0.164. The van der Waals surface area contributed by atoms with Crippen molar-refractivity contribution in [1.29, 1.82) is 0 Å². The average molecular weight is 354 g/mol. The van der Waals surface area contributed by atoms with Crippen molar-refractivity contribution >= 4 is 16.9 Å². The summed E-state index contributed by atoms with van der Waals surface area (Å²) in [6.45, 7) is 0.248. The summed E-state index contributed by atoms with van der Waals surface area (Å²) >= 11 is 1.43. The molecule has 0 aliphatic carbocycles. The molecule has 1 N–H and O–H groups in total. The van der Waals surface area contributed by atoms with E-state index in [9.17, 15) is 5.11 Å². The molecule has 3 rings (SSSR count). The van der Waals surface area contributed by atoms with Crippen LogP contribution in [0.15, 0.2) is 35.3 Å². The van der Waals surface area contributed by atoms with Crippen LogP contribution in [0.4, 0.5) is 4.39 Å². The van der Waals surface area contributed by atoms with Crippen LogP contribution in [-0.2, 0) is 16.1 Å². The van der Waals surface area contributed by atoms with E-state index in [1.54, 1.807) is 0 Å². The number of aliphatic hydroxyl groups is 1. The Bertz CT molecular complexity index is 572. The Labute approximate surface area is 145 Å². The van der Waals surface area contributed by atoms with Gasteiger partial charge in [-0.25, -0.2) is 4.39 Å². The molecule has 1 aromatic rings. The third kappa shape index (κ3) is 3.74. The topological polar surface area (TPSA) is 54.3 Å². The summed E-state index contributed by atoms with van der Waals surface area (Å²) in [5.41, 5.74) is 0.623. The van der Waals surface area contributed by atoms with Crippen LogP contribution in [0.2, 0.25) is 0 Å². The van der Waals surface area contributed by atoms with Crippen molar-refractivity contribution in [1.82, 2.24) is 4.90 Å². The van der Waals surface area contributed by atoms with Crippen LogP contribution in [0.1, 0.15) is 12.0 Å². The van der Waals surface area contributed by atoms with Gasteiger partial charge >= 0.3 is 0 Å². The SMILES string of the molecule is CN(C)C1=N[C@@H]2[C@@H](F)[C@H](OCc3ccccc3)[C@@H](CCO)O[C@@H]2S1. The number of hydrogen-bond donors (Lipinski definition) is 1. The number of aliphatic imine (C=N–C) groups is 1. The highest BCUT2D eigenvalue weighted by molar-refractivity contribution is 8.14. The predicted octanol–water partition coefficient (Wildman–Crippen LogP) is 2.05. The molecule has 0 radical (unpaired) electrons. The van der Waals surface area contributed by atoms with Gasteiger partial charge in [0.05, 0.1) is 12.7 Å². The average Bonchev–Trinajstić information content (AvgIpc) is 3.00. The van der Waals surface area contributed by atoms with Crippen LogP contribution in [0.25, 0.3) is 0 Å². The number of halogens is 1. The molecule has 5 atom stereocenters. The van der Waals surface area contributed by atoms with Crippen LogP contribution >= 0.6 is 11.8 Å². The molecule has 0 amide bonds. The molecule has 132 valence electrons. The van der Waals surface area contributed by atoms with E-state index < -0.39 is 24.4 Å². The highest BCUT2D eigenvalue weighted by atomic mass is 32.2. The number of ether oxygens (including phenoxy) is 2. The first-order valence-electron chi connectivity index (χ1n) is 8.08. The number of benzene rings is 1. The Hall–Kier alpha value is -1.15. The summed E-state index contributed by atoms with van der Waals surface area (Å²) in [5.74, 6) is 0. The molecule has 0 spiro atoms. The fraction of sp³-hybridized carbons (Fsp3) is 0.588. The van der Waals surface area contributed by atoms with E-state index in [1.807, 2.05) is 49.3 Å². The number of nitrogens with zero attached hydrogens (tertiary/aromatic N) is 2. The third-order valence-electron chi connectivity index (χ3n) is 4.16. The maximum atomic E-state index is 15.1. The summed E-state index contributed by atoms with van der Waals surface area (Å²) in [6.07, 6.45) is -2.11. The van der Waals surface area contributed by atoms with Gasteiger partial charge in [0.15, 0.2) is 11.3 Å². The van der Waals surface area contributed by atoms with E-state index >= 15 is 4.39 Å². The summed E-state index contributed by atoms with van der Waals surface area (Å²) in [7, 11) is 3.76. The fourth-order valence-corrected chi connectivity index (χ4v) is 4.07. The van der Waals surface area contributed by atoms with Crippen LogP contribution in [0.5, 0.6) is 0 Å². The van der Waals surface area contributed by atoms with Crippen LogP contribution in [0.3, 0.4) is 0 Å². The van der Waals surface area contributed by atoms with Gasteiger partial charge in [0.2, 0.25) is 0 Å². The molecule has 5 nitrogen and oxygen atoms in total. The van der Waals surface area contributed by atoms with E-state index in [0.717, 1.165) is 10.7 Å².